The number of likely N-dealkylation sites (tertiary alicyclic amines) is 1. The maximum atomic E-state index is 12.8. The van der Waals surface area contributed by atoms with Crippen molar-refractivity contribution in [3.63, 3.8) is 0 Å². The number of hydrogen-bond acceptors (Lipinski definition) is 6. The van der Waals surface area contributed by atoms with Crippen molar-refractivity contribution in [2.24, 2.45) is 5.41 Å². The van der Waals surface area contributed by atoms with E-state index in [0.717, 1.165) is 56.8 Å². The fraction of sp³-hybridized carbons (Fsp3) is 0.524. The summed E-state index contributed by atoms with van der Waals surface area (Å²) in [5, 5.41) is 3.26. The van der Waals surface area contributed by atoms with Crippen LogP contribution in [0, 0.1) is 12.3 Å². The minimum absolute atomic E-state index is 0.0192. The minimum Gasteiger partial charge on any atom is -0.381 e. The van der Waals surface area contributed by atoms with Crippen molar-refractivity contribution in [3.8, 4) is 0 Å². The SMILES string of the molecule is Cc1ccc([C@@H](C)Nc2ncc(C(=O)N3CCC4(CCOCC4)C3)cn2)cn1. The number of carbonyl (C=O) groups excluding carboxylic acids is 1. The summed E-state index contributed by atoms with van der Waals surface area (Å²) < 4.78 is 5.48. The van der Waals surface area contributed by atoms with Gasteiger partial charge < -0.3 is 15.0 Å². The third-order valence-corrected chi connectivity index (χ3v) is 5.96. The number of ether oxygens (including phenoxy) is 1. The first kappa shape index (κ1) is 18.8. The largest absolute Gasteiger partial charge is 0.381 e. The number of nitrogens with one attached hydrogen (secondary N) is 1. The Bertz CT molecular complexity index is 816. The Morgan fingerprint density at radius 3 is 2.57 bits per heavy atom. The van der Waals surface area contributed by atoms with Gasteiger partial charge in [-0.1, -0.05) is 6.07 Å². The Morgan fingerprint density at radius 2 is 1.89 bits per heavy atom. The summed E-state index contributed by atoms with van der Waals surface area (Å²) in [6.45, 7) is 7.22. The lowest BCUT2D eigenvalue weighted by molar-refractivity contribution is 0.0191. The number of rotatable bonds is 4. The molecule has 1 amide bonds. The minimum atomic E-state index is 0.0192. The van der Waals surface area contributed by atoms with Crippen molar-refractivity contribution in [3.05, 3.63) is 47.5 Å². The van der Waals surface area contributed by atoms with E-state index in [1.54, 1.807) is 12.4 Å². The molecule has 2 fully saturated rings. The summed E-state index contributed by atoms with van der Waals surface area (Å²) in [6, 6.07) is 4.05. The lowest BCUT2D eigenvalue weighted by atomic mass is 9.80. The molecule has 1 atom stereocenters. The molecular weight excluding hydrogens is 354 g/mol. The van der Waals surface area contributed by atoms with Gasteiger partial charge in [0.05, 0.1) is 11.6 Å². The maximum Gasteiger partial charge on any atom is 0.257 e. The van der Waals surface area contributed by atoms with Gasteiger partial charge in [0, 0.05) is 50.6 Å². The van der Waals surface area contributed by atoms with E-state index in [1.165, 1.54) is 0 Å². The van der Waals surface area contributed by atoms with Crippen LogP contribution in [0.5, 0.6) is 0 Å². The highest BCUT2D eigenvalue weighted by Crippen LogP contribution is 2.40. The van der Waals surface area contributed by atoms with Crippen molar-refractivity contribution >= 4 is 11.9 Å². The van der Waals surface area contributed by atoms with Crippen LogP contribution in [0.3, 0.4) is 0 Å². The van der Waals surface area contributed by atoms with Crippen LogP contribution in [0.25, 0.3) is 0 Å². The molecule has 1 spiro atoms. The van der Waals surface area contributed by atoms with Gasteiger partial charge in [0.1, 0.15) is 0 Å². The van der Waals surface area contributed by atoms with Crippen LogP contribution in [0.15, 0.2) is 30.7 Å². The normalized spacial score (nSPS) is 19.6. The van der Waals surface area contributed by atoms with Gasteiger partial charge in [-0.25, -0.2) is 9.97 Å². The van der Waals surface area contributed by atoms with E-state index in [2.05, 4.69) is 20.3 Å². The van der Waals surface area contributed by atoms with Crippen molar-refractivity contribution in [1.82, 2.24) is 19.9 Å². The Labute approximate surface area is 165 Å². The topological polar surface area (TPSA) is 80.2 Å². The second-order valence-corrected chi connectivity index (χ2v) is 7.98. The highest BCUT2D eigenvalue weighted by molar-refractivity contribution is 5.94. The molecular formula is C21H27N5O2. The number of aryl methyl sites for hydroxylation is 1. The first-order chi connectivity index (χ1) is 13.5. The van der Waals surface area contributed by atoms with Crippen molar-refractivity contribution in [1.29, 1.82) is 0 Å². The molecule has 0 unspecified atom stereocenters. The van der Waals surface area contributed by atoms with Gasteiger partial charge in [0.25, 0.3) is 5.91 Å². The van der Waals surface area contributed by atoms with Crippen molar-refractivity contribution in [2.45, 2.75) is 39.2 Å². The van der Waals surface area contributed by atoms with Crippen LogP contribution >= 0.6 is 0 Å². The zero-order chi connectivity index (χ0) is 19.6. The van der Waals surface area contributed by atoms with Gasteiger partial charge in [0.2, 0.25) is 5.95 Å². The van der Waals surface area contributed by atoms with Crippen molar-refractivity contribution < 1.29 is 9.53 Å². The molecule has 4 rings (SSSR count). The van der Waals surface area contributed by atoms with Gasteiger partial charge >= 0.3 is 0 Å². The summed E-state index contributed by atoms with van der Waals surface area (Å²) in [4.78, 5) is 27.8. The van der Waals surface area contributed by atoms with Gasteiger partial charge in [-0.05, 0) is 50.2 Å². The van der Waals surface area contributed by atoms with E-state index >= 15 is 0 Å². The van der Waals surface area contributed by atoms with E-state index in [1.807, 2.05) is 37.1 Å². The average Bonchev–Trinajstić information content (AvgIpc) is 3.12. The molecule has 0 aromatic carbocycles. The molecule has 0 aliphatic carbocycles. The molecule has 2 aliphatic heterocycles. The second kappa shape index (κ2) is 7.83. The molecule has 148 valence electrons. The Hall–Kier alpha value is -2.54. The predicted molar refractivity (Wildman–Crippen MR) is 106 cm³/mol. The molecule has 2 aliphatic rings. The smallest absolute Gasteiger partial charge is 0.257 e. The van der Waals surface area contributed by atoms with E-state index in [0.29, 0.717) is 11.5 Å². The van der Waals surface area contributed by atoms with Crippen LogP contribution in [-0.4, -0.2) is 52.1 Å². The molecule has 0 bridgehead atoms. The third-order valence-electron chi connectivity index (χ3n) is 5.96. The molecule has 2 aromatic heterocycles. The number of nitrogens with zero attached hydrogens (tertiary/aromatic N) is 4. The summed E-state index contributed by atoms with van der Waals surface area (Å²) in [6.07, 6.45) is 8.23. The molecule has 7 nitrogen and oxygen atoms in total. The van der Waals surface area contributed by atoms with Gasteiger partial charge in [-0.3, -0.25) is 9.78 Å². The molecule has 2 aromatic rings. The highest BCUT2D eigenvalue weighted by atomic mass is 16.5. The van der Waals surface area contributed by atoms with Crippen LogP contribution in [0.2, 0.25) is 0 Å². The second-order valence-electron chi connectivity index (χ2n) is 7.98. The average molecular weight is 381 g/mol. The van der Waals surface area contributed by atoms with Gasteiger partial charge in [-0.2, -0.15) is 0 Å². The van der Waals surface area contributed by atoms with Crippen LogP contribution in [-0.2, 0) is 4.74 Å². The first-order valence-corrected chi connectivity index (χ1v) is 9.93. The lowest BCUT2D eigenvalue weighted by Crippen LogP contribution is -2.35. The molecule has 4 heterocycles. The molecule has 0 radical (unpaired) electrons. The standard InChI is InChI=1S/C21H27N5O2/c1-15-3-4-17(11-22-15)16(2)25-20-23-12-18(13-24-20)19(27)26-8-5-21(14-26)6-9-28-10-7-21/h3-4,11-13,16H,5-10,14H2,1-2H3,(H,23,24,25)/t16-/m1/s1. The monoisotopic (exact) mass is 381 g/mol. The molecule has 2 saturated heterocycles. The zero-order valence-corrected chi connectivity index (χ0v) is 16.5. The Morgan fingerprint density at radius 1 is 1.14 bits per heavy atom. The summed E-state index contributed by atoms with van der Waals surface area (Å²) in [5.74, 6) is 0.526. The first-order valence-electron chi connectivity index (χ1n) is 9.93. The number of hydrogen-bond donors (Lipinski definition) is 1. The third kappa shape index (κ3) is 3.99. The number of anilines is 1. The van der Waals surface area contributed by atoms with E-state index in [4.69, 9.17) is 4.74 Å². The Kier molecular flexibility index (Phi) is 5.26. The number of carbonyl (C=O) groups is 1. The highest BCUT2D eigenvalue weighted by Gasteiger charge is 2.41. The zero-order valence-electron chi connectivity index (χ0n) is 16.5. The molecule has 28 heavy (non-hydrogen) atoms. The molecule has 7 heteroatoms. The van der Waals surface area contributed by atoms with Crippen LogP contribution in [0.1, 0.15) is 53.8 Å². The molecule has 0 saturated carbocycles. The quantitative estimate of drug-likeness (QED) is 0.877. The number of amides is 1. The molecule has 1 N–H and O–H groups in total. The van der Waals surface area contributed by atoms with Gasteiger partial charge in [-0.15, -0.1) is 0 Å². The van der Waals surface area contributed by atoms with Crippen LogP contribution in [0.4, 0.5) is 5.95 Å². The van der Waals surface area contributed by atoms with Crippen molar-refractivity contribution in [2.75, 3.05) is 31.6 Å². The lowest BCUT2D eigenvalue weighted by Gasteiger charge is -2.33. The van der Waals surface area contributed by atoms with E-state index < -0.39 is 0 Å². The number of aromatic nitrogens is 3. The maximum absolute atomic E-state index is 12.8. The fourth-order valence-electron chi connectivity index (χ4n) is 4.03. The van der Waals surface area contributed by atoms with Crippen LogP contribution < -0.4 is 5.32 Å². The summed E-state index contributed by atoms with van der Waals surface area (Å²) in [5.41, 5.74) is 2.83. The van der Waals surface area contributed by atoms with E-state index in [-0.39, 0.29) is 17.4 Å². The number of pyridine rings is 1. The van der Waals surface area contributed by atoms with E-state index in [9.17, 15) is 4.79 Å². The Balaban J connectivity index is 1.37. The summed E-state index contributed by atoms with van der Waals surface area (Å²) in [7, 11) is 0. The predicted octanol–water partition coefficient (Wildman–Crippen LogP) is 3.00. The fourth-order valence-corrected chi connectivity index (χ4v) is 4.03. The summed E-state index contributed by atoms with van der Waals surface area (Å²) >= 11 is 0. The van der Waals surface area contributed by atoms with Gasteiger partial charge in [0.15, 0.2) is 0 Å².